The number of imidazole rings is 1. The number of hydrogen-bond acceptors (Lipinski definition) is 3. The minimum atomic E-state index is -0.239. The molecule has 0 saturated heterocycles. The average molecular weight is 432 g/mol. The van der Waals surface area contributed by atoms with E-state index in [0.717, 1.165) is 28.3 Å². The van der Waals surface area contributed by atoms with Gasteiger partial charge in [-0.3, -0.25) is 0 Å². The molecule has 0 radical (unpaired) electrons. The molecule has 0 N–H and O–H groups in total. The molecule has 0 amide bonds. The van der Waals surface area contributed by atoms with Crippen molar-refractivity contribution in [3.8, 4) is 0 Å². The van der Waals surface area contributed by atoms with E-state index in [1.807, 2.05) is 11.6 Å². The van der Waals surface area contributed by atoms with Gasteiger partial charge in [-0.15, -0.1) is 22.9 Å². The Morgan fingerprint density at radius 2 is 2.19 bits per heavy atom. The first-order valence-corrected chi connectivity index (χ1v) is 9.16. The summed E-state index contributed by atoms with van der Waals surface area (Å²) in [4.78, 5) is 9.29. The highest BCUT2D eigenvalue weighted by Gasteiger charge is 2.30. The van der Waals surface area contributed by atoms with E-state index in [0.29, 0.717) is 5.88 Å². The Balaban J connectivity index is 2.26. The maximum atomic E-state index is 5.97. The Bertz CT molecular complexity index is 765. The number of halogens is 2. The molecule has 110 valence electrons. The number of nitrogens with zero attached hydrogens (tertiary/aromatic N) is 3. The quantitative estimate of drug-likeness (QED) is 0.444. The molecule has 0 bridgehead atoms. The fraction of sp³-hybridized carbons (Fsp3) is 0.333. The van der Waals surface area contributed by atoms with Crippen LogP contribution >= 0.6 is 45.5 Å². The largest absolute Gasteiger partial charge is 0.316 e. The highest BCUT2D eigenvalue weighted by molar-refractivity contribution is 14.1. The Kier molecular flexibility index (Phi) is 4.25. The zero-order valence-corrected chi connectivity index (χ0v) is 15.5. The lowest BCUT2D eigenvalue weighted by Gasteiger charge is -2.27. The van der Waals surface area contributed by atoms with Crippen LogP contribution < -0.4 is 0 Å². The highest BCUT2D eigenvalue weighted by Crippen LogP contribution is 2.33. The lowest BCUT2D eigenvalue weighted by atomic mass is 10.1. The lowest BCUT2D eigenvalue weighted by molar-refractivity contribution is 0.431. The van der Waals surface area contributed by atoms with Gasteiger partial charge in [-0.25, -0.2) is 9.97 Å². The second-order valence-corrected chi connectivity index (χ2v) is 7.85. The van der Waals surface area contributed by atoms with Gasteiger partial charge in [0.15, 0.2) is 0 Å². The van der Waals surface area contributed by atoms with Crippen molar-refractivity contribution < 1.29 is 0 Å². The summed E-state index contributed by atoms with van der Waals surface area (Å²) in [5, 5.41) is 3.09. The molecule has 21 heavy (non-hydrogen) atoms. The molecule has 0 fully saturated rings. The molecule has 3 rings (SSSR count). The standard InChI is InChI=1S/C15H15ClIN3S/c1-15(2,14-18-7-8-21-14)20-12-4-3-10(17)9-11(12)19-13(20)5-6-16/h3-4,7-9H,5-6H2,1-2H3. The second kappa shape index (κ2) is 5.85. The van der Waals surface area contributed by atoms with Gasteiger partial charge < -0.3 is 4.57 Å². The van der Waals surface area contributed by atoms with Gasteiger partial charge >= 0.3 is 0 Å². The van der Waals surface area contributed by atoms with Crippen LogP contribution in [-0.2, 0) is 12.0 Å². The van der Waals surface area contributed by atoms with Crippen molar-refractivity contribution in [2.75, 3.05) is 5.88 Å². The maximum absolute atomic E-state index is 5.97. The number of hydrogen-bond donors (Lipinski definition) is 0. The van der Waals surface area contributed by atoms with Crippen LogP contribution in [0.3, 0.4) is 0 Å². The molecule has 2 heterocycles. The number of aryl methyl sites for hydroxylation is 1. The Labute approximate surface area is 146 Å². The Hall–Kier alpha value is -0.660. The van der Waals surface area contributed by atoms with Gasteiger partial charge in [-0.2, -0.15) is 0 Å². The molecule has 0 aliphatic carbocycles. The molecule has 3 aromatic rings. The third-order valence-electron chi connectivity index (χ3n) is 3.52. The van der Waals surface area contributed by atoms with Crippen molar-refractivity contribution in [3.05, 3.63) is 44.2 Å². The predicted molar refractivity (Wildman–Crippen MR) is 97.4 cm³/mol. The molecular formula is C15H15ClIN3S. The molecule has 3 nitrogen and oxygen atoms in total. The van der Waals surface area contributed by atoms with Crippen molar-refractivity contribution in [1.82, 2.24) is 14.5 Å². The van der Waals surface area contributed by atoms with Gasteiger partial charge in [0.05, 0.1) is 16.6 Å². The smallest absolute Gasteiger partial charge is 0.118 e. The van der Waals surface area contributed by atoms with Crippen LogP contribution in [0.25, 0.3) is 11.0 Å². The highest BCUT2D eigenvalue weighted by atomic mass is 127. The first-order valence-electron chi connectivity index (χ1n) is 6.67. The molecule has 0 atom stereocenters. The summed E-state index contributed by atoms with van der Waals surface area (Å²) in [6.07, 6.45) is 2.60. The average Bonchev–Trinajstić information content (AvgIpc) is 3.05. The van der Waals surface area contributed by atoms with Crippen molar-refractivity contribution in [1.29, 1.82) is 0 Å². The summed E-state index contributed by atoms with van der Waals surface area (Å²) in [7, 11) is 0. The molecule has 6 heteroatoms. The third-order valence-corrected chi connectivity index (χ3v) is 5.46. The van der Waals surface area contributed by atoms with Crippen LogP contribution in [0.2, 0.25) is 0 Å². The van der Waals surface area contributed by atoms with E-state index in [1.54, 1.807) is 11.3 Å². The minimum absolute atomic E-state index is 0.239. The third kappa shape index (κ3) is 2.71. The van der Waals surface area contributed by atoms with Crippen molar-refractivity contribution in [2.24, 2.45) is 0 Å². The van der Waals surface area contributed by atoms with Gasteiger partial charge in [0.25, 0.3) is 0 Å². The Morgan fingerprint density at radius 1 is 1.38 bits per heavy atom. The van der Waals surface area contributed by atoms with Crippen LogP contribution in [0.4, 0.5) is 0 Å². The van der Waals surface area contributed by atoms with Gasteiger partial charge in [0.2, 0.25) is 0 Å². The van der Waals surface area contributed by atoms with E-state index in [4.69, 9.17) is 16.6 Å². The summed E-state index contributed by atoms with van der Waals surface area (Å²) in [6.45, 7) is 4.37. The van der Waals surface area contributed by atoms with Gasteiger partial charge in [-0.1, -0.05) is 0 Å². The summed E-state index contributed by atoms with van der Waals surface area (Å²) in [5.41, 5.74) is 1.92. The zero-order chi connectivity index (χ0) is 15.0. The summed E-state index contributed by atoms with van der Waals surface area (Å²) < 4.78 is 3.47. The van der Waals surface area contributed by atoms with Crippen molar-refractivity contribution in [3.63, 3.8) is 0 Å². The first kappa shape index (κ1) is 15.2. The second-order valence-electron chi connectivity index (χ2n) is 5.33. The molecule has 0 saturated carbocycles. The molecular weight excluding hydrogens is 417 g/mol. The monoisotopic (exact) mass is 431 g/mol. The number of benzene rings is 1. The number of thiazole rings is 1. The van der Waals surface area contributed by atoms with E-state index in [1.165, 1.54) is 3.57 Å². The predicted octanol–water partition coefficient (Wildman–Crippen LogP) is 4.66. The fourth-order valence-corrected chi connectivity index (χ4v) is 4.00. The number of fused-ring (bicyclic) bond motifs is 1. The van der Waals surface area contributed by atoms with Crippen LogP contribution in [0.15, 0.2) is 29.8 Å². The first-order chi connectivity index (χ1) is 10.0. The van der Waals surface area contributed by atoms with E-state index in [9.17, 15) is 0 Å². The SMILES string of the molecule is CC(C)(c1nccs1)n1c(CCCl)nc2cc(I)ccc21. The molecule has 0 aliphatic rings. The topological polar surface area (TPSA) is 30.7 Å². The van der Waals surface area contributed by atoms with Crippen LogP contribution in [0.1, 0.15) is 24.7 Å². The van der Waals surface area contributed by atoms with Crippen LogP contribution in [-0.4, -0.2) is 20.4 Å². The van der Waals surface area contributed by atoms with Gasteiger partial charge in [-0.05, 0) is 54.6 Å². The van der Waals surface area contributed by atoms with Crippen molar-refractivity contribution in [2.45, 2.75) is 25.8 Å². The number of aromatic nitrogens is 3. The van der Waals surface area contributed by atoms with E-state index in [-0.39, 0.29) is 5.54 Å². The van der Waals surface area contributed by atoms with Gasteiger partial charge in [0, 0.05) is 27.4 Å². The van der Waals surface area contributed by atoms with E-state index >= 15 is 0 Å². The summed E-state index contributed by atoms with van der Waals surface area (Å²) >= 11 is 9.96. The number of alkyl halides is 1. The normalized spacial score (nSPS) is 12.2. The van der Waals surface area contributed by atoms with Crippen LogP contribution in [0.5, 0.6) is 0 Å². The van der Waals surface area contributed by atoms with E-state index < -0.39 is 0 Å². The van der Waals surface area contributed by atoms with Gasteiger partial charge in [0.1, 0.15) is 10.8 Å². The summed E-state index contributed by atoms with van der Waals surface area (Å²) in [6, 6.07) is 6.36. The van der Waals surface area contributed by atoms with E-state index in [2.05, 4.69) is 64.2 Å². The lowest BCUT2D eigenvalue weighted by Crippen LogP contribution is -2.29. The summed E-state index contributed by atoms with van der Waals surface area (Å²) in [5.74, 6) is 1.58. The zero-order valence-electron chi connectivity index (χ0n) is 11.8. The molecule has 0 aliphatic heterocycles. The number of rotatable bonds is 4. The maximum Gasteiger partial charge on any atom is 0.118 e. The molecule has 2 aromatic heterocycles. The minimum Gasteiger partial charge on any atom is -0.316 e. The Morgan fingerprint density at radius 3 is 2.86 bits per heavy atom. The molecule has 0 unspecified atom stereocenters. The fourth-order valence-electron chi connectivity index (χ4n) is 2.60. The molecule has 0 spiro atoms. The molecule has 1 aromatic carbocycles. The van der Waals surface area contributed by atoms with Crippen LogP contribution in [0, 0.1) is 3.57 Å². The van der Waals surface area contributed by atoms with Crippen molar-refractivity contribution >= 4 is 56.6 Å².